The van der Waals surface area contributed by atoms with Crippen molar-refractivity contribution in [1.82, 2.24) is 55.7 Å². The number of hydrogen-bond acceptors (Lipinski definition) is 16. The average Bonchev–Trinajstić information content (AvgIpc) is 0.806. The Hall–Kier alpha value is -6.96. The fourth-order valence-electron chi connectivity index (χ4n) is 12.7. The number of esters is 1. The van der Waals surface area contributed by atoms with Gasteiger partial charge in [0.2, 0.25) is 53.2 Å². The summed E-state index contributed by atoms with van der Waals surface area (Å²) < 4.78 is 11.5. The van der Waals surface area contributed by atoms with Crippen LogP contribution in [0.2, 0.25) is 0 Å². The van der Waals surface area contributed by atoms with E-state index < -0.39 is 156 Å². The van der Waals surface area contributed by atoms with Crippen LogP contribution in [0.5, 0.6) is 0 Å². The molecule has 2 aliphatic rings. The normalized spacial score (nSPS) is 25.7. The highest BCUT2D eigenvalue weighted by molar-refractivity contribution is 5.99. The van der Waals surface area contributed by atoms with E-state index >= 15 is 14.4 Å². The molecular weight excluding hydrogens is 1260 g/mol. The maximum atomic E-state index is 15.4. The van der Waals surface area contributed by atoms with Crippen molar-refractivity contribution in [3.63, 3.8) is 0 Å². The topological polar surface area (TPSA) is 310 Å². The van der Waals surface area contributed by atoms with E-state index in [0.29, 0.717) is 45.6 Å². The van der Waals surface area contributed by atoms with Crippen molar-refractivity contribution in [1.29, 1.82) is 0 Å². The lowest BCUT2D eigenvalue weighted by atomic mass is 9.90. The molecule has 5 N–H and O–H groups in total. The van der Waals surface area contributed by atoms with Crippen LogP contribution < -0.4 is 26.2 Å². The number of amides is 10. The quantitative estimate of drug-likeness (QED) is 0.111. The van der Waals surface area contributed by atoms with Crippen molar-refractivity contribution in [2.75, 3.05) is 80.0 Å². The number of pyridine rings is 1. The number of nitrogens with zero attached hydrogens (tertiary/aromatic N) is 8. The van der Waals surface area contributed by atoms with Crippen LogP contribution in [0, 0.1) is 47.3 Å². The zero-order valence-corrected chi connectivity index (χ0v) is 63.4. The van der Waals surface area contributed by atoms with Crippen LogP contribution in [0.4, 0.5) is 5.82 Å². The van der Waals surface area contributed by atoms with Gasteiger partial charge in [-0.15, -0.1) is 0 Å². The summed E-state index contributed by atoms with van der Waals surface area (Å²) in [4.78, 5) is 177. The third-order valence-corrected chi connectivity index (χ3v) is 18.5. The molecule has 3 heterocycles. The predicted molar refractivity (Wildman–Crippen MR) is 376 cm³/mol. The van der Waals surface area contributed by atoms with E-state index in [1.54, 1.807) is 41.5 Å². The molecule has 0 aliphatic carbocycles. The third-order valence-electron chi connectivity index (χ3n) is 18.5. The van der Waals surface area contributed by atoms with Crippen molar-refractivity contribution in [2.24, 2.45) is 47.3 Å². The zero-order chi connectivity index (χ0) is 74.5. The number of anilines is 1. The molecule has 556 valence electrons. The van der Waals surface area contributed by atoms with Crippen LogP contribution in [0.25, 0.3) is 0 Å². The van der Waals surface area contributed by atoms with Crippen LogP contribution >= 0.6 is 0 Å². The molecule has 0 bridgehead atoms. The van der Waals surface area contributed by atoms with Gasteiger partial charge in [0.25, 0.3) is 5.91 Å². The van der Waals surface area contributed by atoms with Crippen LogP contribution in [0.1, 0.15) is 175 Å². The summed E-state index contributed by atoms with van der Waals surface area (Å²) in [6, 6.07) is -5.78. The molecule has 3 rings (SSSR count). The molecule has 2 fully saturated rings. The Morgan fingerprint density at radius 2 is 0.969 bits per heavy atom. The molecule has 26 heteroatoms. The highest BCUT2D eigenvalue weighted by Gasteiger charge is 2.45. The summed E-state index contributed by atoms with van der Waals surface area (Å²) in [5.41, 5.74) is 0.825. The van der Waals surface area contributed by atoms with Crippen LogP contribution in [-0.4, -0.2) is 246 Å². The number of aliphatic hydroxyl groups is 1. The number of ether oxygens (including phenoxy) is 2. The Labute approximate surface area is 584 Å². The number of cyclic esters (lactones) is 1. The fraction of sp³-hybridized carbons (Fsp3) is 0.778. The summed E-state index contributed by atoms with van der Waals surface area (Å²) in [6.45, 7) is 32.2. The molecule has 0 spiro atoms. The fourth-order valence-corrected chi connectivity index (χ4v) is 12.7. The van der Waals surface area contributed by atoms with E-state index in [9.17, 15) is 43.5 Å². The average molecular weight is 1380 g/mol. The minimum absolute atomic E-state index is 0.00327. The SMILES string of the molecule is CC[C@H]1NC(=O)[C@H](C(O)[C@H](C)CCCc2cccc(N3CCOCC3)n2)N(C)C(=O)[C@H](C(C)C)N(C)C(=O)[C@H](CC(C)C)NC(=O)[C@H](CC(C)C)N(C)C(=O)[C@H](C(C)C)OC(=O)[C@@H](C)NC(=O)[C@H](CC(C)C)N(C)C(=O)[C@@H](CC(C)C)NC(=O)[C@H](CC(C)C)N(C)C(=O)CN(C)C1=O. The molecule has 0 saturated carbocycles. The monoisotopic (exact) mass is 1380 g/mol. The van der Waals surface area contributed by atoms with Gasteiger partial charge in [-0.1, -0.05) is 117 Å². The van der Waals surface area contributed by atoms with E-state index in [-0.39, 0.29) is 68.1 Å². The van der Waals surface area contributed by atoms with Gasteiger partial charge in [-0.3, -0.25) is 47.9 Å². The number of nitrogens with one attached hydrogen (secondary N) is 4. The Kier molecular flexibility index (Phi) is 34.6. The number of likely N-dealkylation sites (N-methyl/N-ethyl adjacent to an activating group) is 6. The molecule has 12 atom stereocenters. The number of morpholine rings is 1. The van der Waals surface area contributed by atoms with Gasteiger partial charge in [-0.05, 0) is 124 Å². The van der Waals surface area contributed by atoms with Gasteiger partial charge in [0, 0.05) is 61.1 Å². The maximum Gasteiger partial charge on any atom is 0.329 e. The summed E-state index contributed by atoms with van der Waals surface area (Å²) in [5.74, 6) is -9.95. The van der Waals surface area contributed by atoms with Crippen LogP contribution in [-0.2, 0) is 68.6 Å². The Morgan fingerprint density at radius 1 is 0.520 bits per heavy atom. The molecule has 0 radical (unpaired) electrons. The highest BCUT2D eigenvalue weighted by atomic mass is 16.6. The van der Waals surface area contributed by atoms with Crippen LogP contribution in [0.15, 0.2) is 18.2 Å². The van der Waals surface area contributed by atoms with E-state index in [1.807, 2.05) is 87.4 Å². The molecule has 1 unspecified atom stereocenters. The van der Waals surface area contributed by atoms with E-state index in [2.05, 4.69) is 26.2 Å². The lowest BCUT2D eigenvalue weighted by molar-refractivity contribution is -0.166. The van der Waals surface area contributed by atoms with Gasteiger partial charge in [-0.2, -0.15) is 0 Å². The standard InChI is InChI=1S/C72H124N12O14/c1-24-51-67(91)78(18)40-58(85)79(19)54(37-43(6)7)64(88)76-52(35-41(2)3)68(92)80(20)55(38-44(8)9)63(87)73-49(17)72(96)98-62(47(14)15)71(95)81(21)56(39-45(10)11)65(89)77-53(36-42(4)5)69(93)82(22)59(46(12)13)70(94)83(23)60(66(90)75-51)61(86)48(16)27-25-28-50-29-26-30-57(74-50)84-31-33-97-34-32-84/h26,29-30,41-49,51-56,59-62,86H,24-25,27-28,31-40H2,1-23H3,(H,73,87)(H,75,90)(H,76,88)(H,77,89)/t48-,49-,51-,52-,53+,54+,55+,56+,59+,60+,61?,62+/m1/s1. The van der Waals surface area contributed by atoms with Crippen molar-refractivity contribution >= 4 is 70.9 Å². The first-order valence-electron chi connectivity index (χ1n) is 35.6. The first-order valence-corrected chi connectivity index (χ1v) is 35.6. The van der Waals surface area contributed by atoms with Gasteiger partial charge in [-0.25, -0.2) is 9.78 Å². The van der Waals surface area contributed by atoms with Crippen molar-refractivity contribution < 1.29 is 67.3 Å². The van der Waals surface area contributed by atoms with Gasteiger partial charge in [0.15, 0.2) is 6.10 Å². The smallest absolute Gasteiger partial charge is 0.329 e. The number of rotatable bonds is 20. The van der Waals surface area contributed by atoms with E-state index in [1.165, 1.54) is 68.8 Å². The minimum Gasteiger partial charge on any atom is -0.450 e. The van der Waals surface area contributed by atoms with Crippen LogP contribution in [0.3, 0.4) is 0 Å². The molecule has 10 amide bonds. The predicted octanol–water partition coefficient (Wildman–Crippen LogP) is 4.67. The molecule has 26 nitrogen and oxygen atoms in total. The Bertz CT molecular complexity index is 2830. The minimum atomic E-state index is -1.66. The molecule has 0 aromatic carbocycles. The number of carbonyl (C=O) groups excluding carboxylic acids is 11. The summed E-state index contributed by atoms with van der Waals surface area (Å²) in [6.07, 6.45) is -0.966. The number of aliphatic hydroxyl groups excluding tert-OH is 1. The Balaban J connectivity index is 2.30. The number of carbonyl (C=O) groups is 11. The van der Waals surface area contributed by atoms with Crippen molar-refractivity contribution in [3.8, 4) is 0 Å². The van der Waals surface area contributed by atoms with Gasteiger partial charge >= 0.3 is 5.97 Å². The lowest BCUT2D eigenvalue weighted by Crippen LogP contribution is -2.63. The second-order valence-electron chi connectivity index (χ2n) is 30.2. The van der Waals surface area contributed by atoms with E-state index in [0.717, 1.165) is 21.3 Å². The first-order chi connectivity index (χ1) is 45.7. The zero-order valence-electron chi connectivity index (χ0n) is 63.4. The second-order valence-corrected chi connectivity index (χ2v) is 30.2. The second kappa shape index (κ2) is 39.7. The number of hydrogen-bond donors (Lipinski definition) is 5. The molecular formula is C72H124N12O14. The van der Waals surface area contributed by atoms with Gasteiger partial charge in [0.1, 0.15) is 60.2 Å². The van der Waals surface area contributed by atoms with Crippen molar-refractivity contribution in [3.05, 3.63) is 23.9 Å². The first kappa shape index (κ1) is 85.3. The molecule has 2 saturated heterocycles. The van der Waals surface area contributed by atoms with Gasteiger partial charge < -0.3 is 70.1 Å². The molecule has 1 aromatic rings. The molecule has 2 aliphatic heterocycles. The summed E-state index contributed by atoms with van der Waals surface area (Å²) in [5, 5.41) is 23.9. The third kappa shape index (κ3) is 24.7. The maximum absolute atomic E-state index is 15.4. The summed E-state index contributed by atoms with van der Waals surface area (Å²) in [7, 11) is 8.44. The number of aryl methyl sites for hydroxylation is 1. The van der Waals surface area contributed by atoms with E-state index in [4.69, 9.17) is 14.5 Å². The Morgan fingerprint density at radius 3 is 1.44 bits per heavy atom. The largest absolute Gasteiger partial charge is 0.450 e. The highest BCUT2D eigenvalue weighted by Crippen LogP contribution is 2.26. The molecule has 1 aromatic heterocycles. The molecule has 98 heavy (non-hydrogen) atoms. The number of aromatic nitrogens is 1. The van der Waals surface area contributed by atoms with Crippen molar-refractivity contribution in [2.45, 2.75) is 242 Å². The van der Waals surface area contributed by atoms with Gasteiger partial charge in [0.05, 0.1) is 25.9 Å². The lowest BCUT2D eigenvalue weighted by Gasteiger charge is -2.40. The summed E-state index contributed by atoms with van der Waals surface area (Å²) >= 11 is 0.